The first-order valence-corrected chi connectivity index (χ1v) is 7.11. The molecule has 0 fully saturated rings. The summed E-state index contributed by atoms with van der Waals surface area (Å²) in [6.07, 6.45) is 2.07. The van der Waals surface area contributed by atoms with Crippen LogP contribution in [0.25, 0.3) is 0 Å². The number of halogens is 1. The first-order chi connectivity index (χ1) is 9.56. The smallest absolute Gasteiger partial charge is 0.225 e. The molecule has 5 heteroatoms. The number of amides is 1. The average molecular weight is 334 g/mol. The van der Waals surface area contributed by atoms with E-state index in [1.165, 1.54) is 0 Å². The second kappa shape index (κ2) is 6.52. The Labute approximate surface area is 126 Å². The number of carbonyl (C=O) groups is 1. The molecule has 0 radical (unpaired) electrons. The second-order valence-corrected chi connectivity index (χ2v) is 5.41. The van der Waals surface area contributed by atoms with Gasteiger partial charge in [0, 0.05) is 18.3 Å². The SMILES string of the molecule is CC(CC(=O)Nc1cccnc1Br)c1ccc(N)cc1. The van der Waals surface area contributed by atoms with Crippen LogP contribution in [0.4, 0.5) is 11.4 Å². The van der Waals surface area contributed by atoms with Gasteiger partial charge in [-0.2, -0.15) is 0 Å². The second-order valence-electron chi connectivity index (χ2n) is 4.66. The molecular formula is C15H16BrN3O. The molecule has 0 aliphatic carbocycles. The highest BCUT2D eigenvalue weighted by molar-refractivity contribution is 9.10. The molecule has 104 valence electrons. The summed E-state index contributed by atoms with van der Waals surface area (Å²) in [7, 11) is 0. The lowest BCUT2D eigenvalue weighted by molar-refractivity contribution is -0.116. The maximum Gasteiger partial charge on any atom is 0.225 e. The van der Waals surface area contributed by atoms with E-state index in [2.05, 4.69) is 26.2 Å². The number of hydrogen-bond donors (Lipinski definition) is 2. The maximum atomic E-state index is 12.0. The van der Waals surface area contributed by atoms with E-state index in [4.69, 9.17) is 5.73 Å². The third-order valence-electron chi connectivity index (χ3n) is 3.03. The van der Waals surface area contributed by atoms with Gasteiger partial charge in [-0.25, -0.2) is 4.98 Å². The molecule has 1 aromatic carbocycles. The van der Waals surface area contributed by atoms with Crippen molar-refractivity contribution in [2.24, 2.45) is 0 Å². The third kappa shape index (κ3) is 3.81. The van der Waals surface area contributed by atoms with Crippen LogP contribution in [0.2, 0.25) is 0 Å². The minimum absolute atomic E-state index is 0.0389. The number of nitrogens with zero attached hydrogens (tertiary/aromatic N) is 1. The molecule has 0 bridgehead atoms. The van der Waals surface area contributed by atoms with Gasteiger partial charge in [-0.1, -0.05) is 19.1 Å². The Morgan fingerprint density at radius 3 is 2.70 bits per heavy atom. The van der Waals surface area contributed by atoms with Crippen molar-refractivity contribution in [3.05, 3.63) is 52.8 Å². The molecule has 1 atom stereocenters. The number of aromatic nitrogens is 1. The average Bonchev–Trinajstić information content (AvgIpc) is 2.42. The molecule has 0 saturated heterocycles. The fraction of sp³-hybridized carbons (Fsp3) is 0.200. The Balaban J connectivity index is 1.98. The van der Waals surface area contributed by atoms with Gasteiger partial charge in [0.25, 0.3) is 0 Å². The number of hydrogen-bond acceptors (Lipinski definition) is 3. The number of nitrogen functional groups attached to an aromatic ring is 1. The van der Waals surface area contributed by atoms with Gasteiger partial charge in [-0.05, 0) is 51.7 Å². The summed E-state index contributed by atoms with van der Waals surface area (Å²) in [6.45, 7) is 2.02. The van der Waals surface area contributed by atoms with Crippen molar-refractivity contribution in [1.29, 1.82) is 0 Å². The lowest BCUT2D eigenvalue weighted by Gasteiger charge is -2.12. The summed E-state index contributed by atoms with van der Waals surface area (Å²) in [4.78, 5) is 16.1. The summed E-state index contributed by atoms with van der Waals surface area (Å²) in [5.41, 5.74) is 8.16. The fourth-order valence-corrected chi connectivity index (χ4v) is 2.25. The topological polar surface area (TPSA) is 68.0 Å². The molecule has 2 rings (SSSR count). The summed E-state index contributed by atoms with van der Waals surface area (Å²) in [5, 5.41) is 2.85. The van der Waals surface area contributed by atoms with E-state index in [0.29, 0.717) is 16.7 Å². The van der Waals surface area contributed by atoms with Crippen LogP contribution in [0.1, 0.15) is 24.8 Å². The van der Waals surface area contributed by atoms with Crippen LogP contribution < -0.4 is 11.1 Å². The molecule has 0 saturated carbocycles. The van der Waals surface area contributed by atoms with E-state index in [-0.39, 0.29) is 11.8 Å². The first kappa shape index (κ1) is 14.5. The standard InChI is InChI=1S/C15H16BrN3O/c1-10(11-4-6-12(17)7-5-11)9-14(20)19-13-3-2-8-18-15(13)16/h2-8,10H,9,17H2,1H3,(H,19,20). The van der Waals surface area contributed by atoms with E-state index < -0.39 is 0 Å². The molecule has 2 aromatic rings. The van der Waals surface area contributed by atoms with Crippen molar-refractivity contribution in [3.63, 3.8) is 0 Å². The quantitative estimate of drug-likeness (QED) is 0.664. The number of nitrogens with one attached hydrogen (secondary N) is 1. The van der Waals surface area contributed by atoms with E-state index in [0.717, 1.165) is 11.3 Å². The van der Waals surface area contributed by atoms with Crippen LogP contribution in [-0.2, 0) is 4.79 Å². The van der Waals surface area contributed by atoms with Gasteiger partial charge in [0.15, 0.2) is 0 Å². The van der Waals surface area contributed by atoms with Gasteiger partial charge in [0.1, 0.15) is 4.60 Å². The molecule has 3 N–H and O–H groups in total. The highest BCUT2D eigenvalue weighted by Crippen LogP contribution is 2.22. The molecule has 1 heterocycles. The minimum atomic E-state index is -0.0389. The van der Waals surface area contributed by atoms with Gasteiger partial charge in [-0.15, -0.1) is 0 Å². The summed E-state index contributed by atoms with van der Waals surface area (Å²) in [6, 6.07) is 11.2. The molecule has 4 nitrogen and oxygen atoms in total. The van der Waals surface area contributed by atoms with Crippen molar-refractivity contribution in [1.82, 2.24) is 4.98 Å². The van der Waals surface area contributed by atoms with Crippen molar-refractivity contribution < 1.29 is 4.79 Å². The van der Waals surface area contributed by atoms with Crippen molar-refractivity contribution in [3.8, 4) is 0 Å². The van der Waals surface area contributed by atoms with Crippen LogP contribution in [0.5, 0.6) is 0 Å². The molecular weight excluding hydrogens is 318 g/mol. The predicted molar refractivity (Wildman–Crippen MR) is 84.5 cm³/mol. The minimum Gasteiger partial charge on any atom is -0.399 e. The molecule has 20 heavy (non-hydrogen) atoms. The van der Waals surface area contributed by atoms with Gasteiger partial charge in [0.05, 0.1) is 5.69 Å². The Kier molecular flexibility index (Phi) is 4.74. The lowest BCUT2D eigenvalue weighted by atomic mass is 9.97. The Bertz CT molecular complexity index is 598. The normalized spacial score (nSPS) is 11.9. The summed E-state index contributed by atoms with van der Waals surface area (Å²) in [5.74, 6) is 0.0917. The first-order valence-electron chi connectivity index (χ1n) is 6.32. The van der Waals surface area contributed by atoms with E-state index >= 15 is 0 Å². The highest BCUT2D eigenvalue weighted by atomic mass is 79.9. The van der Waals surface area contributed by atoms with Crippen molar-refractivity contribution in [2.45, 2.75) is 19.3 Å². The predicted octanol–water partition coefficient (Wildman–Crippen LogP) is 3.56. The summed E-state index contributed by atoms with van der Waals surface area (Å²) >= 11 is 3.30. The molecule has 1 amide bonds. The van der Waals surface area contributed by atoms with Crippen LogP contribution in [0, 0.1) is 0 Å². The molecule has 0 spiro atoms. The number of nitrogens with two attached hydrogens (primary N) is 1. The zero-order valence-corrected chi connectivity index (χ0v) is 12.7. The maximum absolute atomic E-state index is 12.0. The molecule has 1 unspecified atom stereocenters. The van der Waals surface area contributed by atoms with Crippen molar-refractivity contribution in [2.75, 3.05) is 11.1 Å². The van der Waals surface area contributed by atoms with Crippen LogP contribution in [0.3, 0.4) is 0 Å². The van der Waals surface area contributed by atoms with E-state index in [1.54, 1.807) is 12.3 Å². The zero-order chi connectivity index (χ0) is 14.5. The van der Waals surface area contributed by atoms with Crippen LogP contribution >= 0.6 is 15.9 Å². The number of carbonyl (C=O) groups excluding carboxylic acids is 1. The van der Waals surface area contributed by atoms with Gasteiger partial charge in [0.2, 0.25) is 5.91 Å². The van der Waals surface area contributed by atoms with Gasteiger partial charge >= 0.3 is 0 Å². The Hall–Kier alpha value is -1.88. The molecule has 0 aliphatic heterocycles. The zero-order valence-electron chi connectivity index (χ0n) is 11.1. The Morgan fingerprint density at radius 2 is 2.05 bits per heavy atom. The number of anilines is 2. The summed E-state index contributed by atoms with van der Waals surface area (Å²) < 4.78 is 0.633. The van der Waals surface area contributed by atoms with Gasteiger partial charge in [-0.3, -0.25) is 4.79 Å². The van der Waals surface area contributed by atoms with Crippen LogP contribution in [0.15, 0.2) is 47.2 Å². The van der Waals surface area contributed by atoms with Crippen molar-refractivity contribution >= 4 is 33.2 Å². The van der Waals surface area contributed by atoms with Crippen LogP contribution in [-0.4, -0.2) is 10.9 Å². The lowest BCUT2D eigenvalue weighted by Crippen LogP contribution is -2.15. The number of benzene rings is 1. The number of rotatable bonds is 4. The highest BCUT2D eigenvalue weighted by Gasteiger charge is 2.12. The Morgan fingerprint density at radius 1 is 1.35 bits per heavy atom. The molecule has 0 aliphatic rings. The number of pyridine rings is 1. The largest absolute Gasteiger partial charge is 0.399 e. The van der Waals surface area contributed by atoms with E-state index in [9.17, 15) is 4.79 Å². The third-order valence-corrected chi connectivity index (χ3v) is 3.66. The van der Waals surface area contributed by atoms with E-state index in [1.807, 2.05) is 37.3 Å². The van der Waals surface area contributed by atoms with Gasteiger partial charge < -0.3 is 11.1 Å². The molecule has 1 aromatic heterocycles. The fourth-order valence-electron chi connectivity index (χ4n) is 1.90. The monoisotopic (exact) mass is 333 g/mol.